The summed E-state index contributed by atoms with van der Waals surface area (Å²) < 4.78 is 0. The van der Waals surface area contributed by atoms with Gasteiger partial charge in [-0.3, -0.25) is 4.79 Å². The molecule has 0 N–H and O–H groups in total. The van der Waals surface area contributed by atoms with Crippen LogP contribution in [-0.4, -0.2) is 22.9 Å². The fourth-order valence-electron chi connectivity index (χ4n) is 3.57. The molecular weight excluding hydrogens is 288 g/mol. The Bertz CT molecular complexity index is 756. The maximum Gasteiger partial charge on any atom is 0.332 e. The molecule has 0 aliphatic carbocycles. The van der Waals surface area contributed by atoms with Crippen molar-refractivity contribution in [2.75, 3.05) is 4.90 Å². The Morgan fingerprint density at radius 2 is 1.70 bits per heavy atom. The van der Waals surface area contributed by atoms with E-state index in [-0.39, 0.29) is 18.0 Å². The minimum Gasteiger partial charge on any atom is -0.307 e. The van der Waals surface area contributed by atoms with Crippen molar-refractivity contribution < 1.29 is 9.59 Å². The fraction of sp³-hybridized carbons (Fsp3) is 0.263. The van der Waals surface area contributed by atoms with Crippen LogP contribution in [0.3, 0.4) is 0 Å². The number of nitrogens with zero attached hydrogens (tertiary/aromatic N) is 2. The second-order valence-corrected chi connectivity index (χ2v) is 6.06. The number of carbonyl (C=O) groups is 2. The molecule has 1 saturated heterocycles. The molecule has 4 heteroatoms. The average molecular weight is 306 g/mol. The van der Waals surface area contributed by atoms with Crippen molar-refractivity contribution in [3.05, 3.63) is 65.2 Å². The maximum atomic E-state index is 12.9. The van der Waals surface area contributed by atoms with Gasteiger partial charge in [-0.25, -0.2) is 9.69 Å². The number of carbonyl (C=O) groups excluding carboxylic acids is 2. The van der Waals surface area contributed by atoms with Crippen molar-refractivity contribution in [3.8, 4) is 0 Å². The molecule has 2 aromatic rings. The summed E-state index contributed by atoms with van der Waals surface area (Å²) in [5.41, 5.74) is 4.05. The second-order valence-electron chi connectivity index (χ2n) is 6.06. The number of fused-ring (bicyclic) bond motifs is 2. The third kappa shape index (κ3) is 2.05. The summed E-state index contributed by atoms with van der Waals surface area (Å²) in [4.78, 5) is 28.8. The lowest BCUT2D eigenvalue weighted by Crippen LogP contribution is -2.39. The predicted octanol–water partition coefficient (Wildman–Crippen LogP) is 3.14. The Balaban J connectivity index is 1.74. The van der Waals surface area contributed by atoms with Crippen LogP contribution in [0.5, 0.6) is 0 Å². The molecule has 1 atom stereocenters. The van der Waals surface area contributed by atoms with E-state index in [1.807, 2.05) is 55.5 Å². The molecule has 0 aromatic heterocycles. The van der Waals surface area contributed by atoms with Gasteiger partial charge in [0.05, 0.1) is 5.69 Å². The summed E-state index contributed by atoms with van der Waals surface area (Å²) in [5.74, 6) is -0.106. The highest BCUT2D eigenvalue weighted by Gasteiger charge is 2.48. The summed E-state index contributed by atoms with van der Waals surface area (Å²) in [6.45, 7) is 2.54. The normalized spacial score (nSPS) is 19.8. The van der Waals surface area contributed by atoms with Gasteiger partial charge in [0.1, 0.15) is 6.04 Å². The first-order valence-electron chi connectivity index (χ1n) is 8.00. The number of para-hydroxylation sites is 1. The maximum absolute atomic E-state index is 12.9. The third-order valence-electron chi connectivity index (χ3n) is 4.80. The van der Waals surface area contributed by atoms with Gasteiger partial charge in [-0.2, -0.15) is 0 Å². The topological polar surface area (TPSA) is 40.6 Å². The first kappa shape index (κ1) is 14.0. The van der Waals surface area contributed by atoms with E-state index in [0.29, 0.717) is 13.0 Å². The number of urea groups is 1. The molecule has 0 unspecified atom stereocenters. The first-order valence-corrected chi connectivity index (χ1v) is 8.00. The quantitative estimate of drug-likeness (QED) is 0.800. The lowest BCUT2D eigenvalue weighted by molar-refractivity contribution is -0.120. The van der Waals surface area contributed by atoms with Crippen LogP contribution in [-0.2, 0) is 24.2 Å². The third-order valence-corrected chi connectivity index (χ3v) is 4.80. The fourth-order valence-corrected chi connectivity index (χ4v) is 3.57. The van der Waals surface area contributed by atoms with Crippen LogP contribution in [0.25, 0.3) is 0 Å². The highest BCUT2D eigenvalue weighted by molar-refractivity contribution is 6.21. The van der Waals surface area contributed by atoms with Gasteiger partial charge < -0.3 is 4.90 Å². The number of amides is 3. The largest absolute Gasteiger partial charge is 0.332 e. The van der Waals surface area contributed by atoms with Gasteiger partial charge in [-0.15, -0.1) is 0 Å². The number of imide groups is 1. The molecule has 0 radical (unpaired) electrons. The van der Waals surface area contributed by atoms with Crippen LogP contribution in [0, 0.1) is 0 Å². The molecule has 2 aliphatic heterocycles. The van der Waals surface area contributed by atoms with Crippen molar-refractivity contribution in [1.82, 2.24) is 4.90 Å². The molecule has 2 heterocycles. The van der Waals surface area contributed by atoms with Gasteiger partial charge in [-0.1, -0.05) is 49.4 Å². The molecule has 4 rings (SSSR count). The smallest absolute Gasteiger partial charge is 0.307 e. The molecule has 2 aromatic carbocycles. The van der Waals surface area contributed by atoms with Crippen LogP contribution in [0.4, 0.5) is 10.5 Å². The van der Waals surface area contributed by atoms with Gasteiger partial charge in [-0.05, 0) is 29.2 Å². The molecule has 3 amide bonds. The van der Waals surface area contributed by atoms with Crippen LogP contribution in [0.1, 0.15) is 23.6 Å². The Morgan fingerprint density at radius 1 is 1.00 bits per heavy atom. The Hall–Kier alpha value is -2.62. The van der Waals surface area contributed by atoms with E-state index in [2.05, 4.69) is 0 Å². The van der Waals surface area contributed by atoms with Gasteiger partial charge >= 0.3 is 6.03 Å². The van der Waals surface area contributed by atoms with E-state index < -0.39 is 0 Å². The highest BCUT2D eigenvalue weighted by Crippen LogP contribution is 2.34. The van der Waals surface area contributed by atoms with Crippen molar-refractivity contribution in [1.29, 1.82) is 0 Å². The summed E-state index contributed by atoms with van der Waals surface area (Å²) in [7, 11) is 0. The second kappa shape index (κ2) is 5.23. The number of aryl methyl sites for hydroxylation is 1. The molecule has 4 nitrogen and oxygen atoms in total. The molecule has 1 fully saturated rings. The van der Waals surface area contributed by atoms with E-state index in [1.54, 1.807) is 4.90 Å². The van der Waals surface area contributed by atoms with Gasteiger partial charge in [0, 0.05) is 13.0 Å². The standard InChI is InChI=1S/C19H18N2O2/c1-2-13-7-5-6-10-16(13)21-18(22)17-11-14-8-3-4-9-15(14)12-20(17)19(21)23/h3-10,17H,2,11-12H2,1H3/t17-/m0/s1. The van der Waals surface area contributed by atoms with Gasteiger partial charge in [0.25, 0.3) is 5.91 Å². The number of anilines is 1. The van der Waals surface area contributed by atoms with Gasteiger partial charge in [0.15, 0.2) is 0 Å². The monoisotopic (exact) mass is 306 g/mol. The zero-order chi connectivity index (χ0) is 16.0. The van der Waals surface area contributed by atoms with Crippen LogP contribution in [0.2, 0.25) is 0 Å². The summed E-state index contributed by atoms with van der Waals surface area (Å²) in [5, 5.41) is 0. The lowest BCUT2D eigenvalue weighted by atomic mass is 9.95. The van der Waals surface area contributed by atoms with E-state index in [1.165, 1.54) is 10.5 Å². The lowest BCUT2D eigenvalue weighted by Gasteiger charge is -2.28. The SMILES string of the molecule is CCc1ccccc1N1C(=O)[C@@H]2Cc3ccccc3CN2C1=O. The van der Waals surface area contributed by atoms with Crippen molar-refractivity contribution in [2.45, 2.75) is 32.4 Å². The number of hydrogen-bond acceptors (Lipinski definition) is 2. The minimum absolute atomic E-state index is 0.106. The highest BCUT2D eigenvalue weighted by atomic mass is 16.2. The molecular formula is C19H18N2O2. The van der Waals surface area contributed by atoms with Crippen LogP contribution < -0.4 is 4.90 Å². The van der Waals surface area contributed by atoms with Crippen molar-refractivity contribution >= 4 is 17.6 Å². The first-order chi connectivity index (χ1) is 11.2. The summed E-state index contributed by atoms with van der Waals surface area (Å²) in [6.07, 6.45) is 1.39. The van der Waals surface area contributed by atoms with E-state index in [9.17, 15) is 9.59 Å². The molecule has 2 aliphatic rings. The molecule has 0 saturated carbocycles. The summed E-state index contributed by atoms with van der Waals surface area (Å²) in [6, 6.07) is 15.1. The van der Waals surface area contributed by atoms with Crippen LogP contribution >= 0.6 is 0 Å². The Kier molecular flexibility index (Phi) is 3.18. The van der Waals surface area contributed by atoms with Crippen molar-refractivity contribution in [3.63, 3.8) is 0 Å². The Morgan fingerprint density at radius 3 is 2.48 bits per heavy atom. The van der Waals surface area contributed by atoms with Gasteiger partial charge in [0.2, 0.25) is 0 Å². The Labute approximate surface area is 135 Å². The zero-order valence-electron chi connectivity index (χ0n) is 13.0. The molecule has 116 valence electrons. The van der Waals surface area contributed by atoms with E-state index >= 15 is 0 Å². The molecule has 0 spiro atoms. The zero-order valence-corrected chi connectivity index (χ0v) is 13.0. The molecule has 23 heavy (non-hydrogen) atoms. The number of benzene rings is 2. The number of rotatable bonds is 2. The molecule has 0 bridgehead atoms. The van der Waals surface area contributed by atoms with Crippen LogP contribution in [0.15, 0.2) is 48.5 Å². The van der Waals surface area contributed by atoms with Crippen molar-refractivity contribution in [2.24, 2.45) is 0 Å². The minimum atomic E-state index is -0.373. The summed E-state index contributed by atoms with van der Waals surface area (Å²) >= 11 is 0. The van der Waals surface area contributed by atoms with E-state index in [0.717, 1.165) is 23.2 Å². The van der Waals surface area contributed by atoms with E-state index in [4.69, 9.17) is 0 Å². The predicted molar refractivity (Wildman–Crippen MR) is 88.2 cm³/mol. The number of hydrogen-bond donors (Lipinski definition) is 0. The average Bonchev–Trinajstić information content (AvgIpc) is 2.83.